The van der Waals surface area contributed by atoms with Gasteiger partial charge in [-0.1, -0.05) is 23.7 Å². The monoisotopic (exact) mass is 307 g/mol. The molecule has 21 heavy (non-hydrogen) atoms. The van der Waals surface area contributed by atoms with Crippen LogP contribution < -0.4 is 5.32 Å². The summed E-state index contributed by atoms with van der Waals surface area (Å²) in [5, 5.41) is 25.1. The van der Waals surface area contributed by atoms with Crippen molar-refractivity contribution in [2.24, 2.45) is 0 Å². The van der Waals surface area contributed by atoms with Gasteiger partial charge in [-0.2, -0.15) is 0 Å². The summed E-state index contributed by atoms with van der Waals surface area (Å²) in [7, 11) is 0. The first-order valence-corrected chi connectivity index (χ1v) is 6.26. The van der Waals surface area contributed by atoms with Crippen molar-refractivity contribution in [3.05, 3.63) is 73.3 Å². The van der Waals surface area contributed by atoms with Crippen molar-refractivity contribution in [3.63, 3.8) is 0 Å². The number of nitrogens with zero attached hydrogens (tertiary/aromatic N) is 2. The highest BCUT2D eigenvalue weighted by atomic mass is 35.5. The van der Waals surface area contributed by atoms with Crippen molar-refractivity contribution in [2.45, 2.75) is 6.54 Å². The van der Waals surface area contributed by atoms with Gasteiger partial charge in [-0.25, -0.2) is 0 Å². The number of benzene rings is 2. The molecule has 0 fully saturated rings. The van der Waals surface area contributed by atoms with Gasteiger partial charge in [0.2, 0.25) is 0 Å². The molecule has 0 bridgehead atoms. The van der Waals surface area contributed by atoms with Crippen molar-refractivity contribution in [2.75, 3.05) is 5.32 Å². The van der Waals surface area contributed by atoms with Crippen LogP contribution in [0.2, 0.25) is 5.02 Å². The maximum Gasteiger partial charge on any atom is 0.299 e. The van der Waals surface area contributed by atoms with Crippen molar-refractivity contribution in [1.29, 1.82) is 0 Å². The molecule has 0 unspecified atom stereocenters. The highest BCUT2D eigenvalue weighted by molar-refractivity contribution is 6.30. The van der Waals surface area contributed by atoms with Gasteiger partial charge in [0.05, 0.1) is 15.9 Å². The molecule has 0 atom stereocenters. The summed E-state index contributed by atoms with van der Waals surface area (Å²) in [6, 6.07) is 10.5. The first-order valence-electron chi connectivity index (χ1n) is 5.88. The van der Waals surface area contributed by atoms with Crippen LogP contribution >= 0.6 is 11.6 Å². The molecule has 0 amide bonds. The minimum Gasteiger partial charge on any atom is -0.375 e. The molecule has 0 aliphatic rings. The number of nitrogens with one attached hydrogen (secondary N) is 1. The third kappa shape index (κ3) is 3.67. The molecule has 0 saturated carbocycles. The largest absolute Gasteiger partial charge is 0.375 e. The molecule has 0 aromatic heterocycles. The zero-order chi connectivity index (χ0) is 15.4. The highest BCUT2D eigenvalue weighted by Gasteiger charge is 2.19. The number of nitro benzene ring substituents is 2. The number of hydrogen-bond acceptors (Lipinski definition) is 5. The van der Waals surface area contributed by atoms with E-state index in [4.69, 9.17) is 11.6 Å². The van der Waals surface area contributed by atoms with Crippen LogP contribution in [0.4, 0.5) is 17.1 Å². The molecule has 2 aromatic rings. The first-order chi connectivity index (χ1) is 9.97. The Kier molecular flexibility index (Phi) is 4.34. The van der Waals surface area contributed by atoms with Gasteiger partial charge in [-0.15, -0.1) is 0 Å². The molecule has 0 heterocycles. The number of nitro groups is 2. The molecule has 7 nitrogen and oxygen atoms in total. The lowest BCUT2D eigenvalue weighted by Gasteiger charge is -2.07. The van der Waals surface area contributed by atoms with Crippen molar-refractivity contribution >= 4 is 28.7 Å². The second-order valence-corrected chi connectivity index (χ2v) is 4.64. The number of hydrogen-bond donors (Lipinski definition) is 1. The fourth-order valence-corrected chi connectivity index (χ4v) is 1.99. The normalized spacial score (nSPS) is 10.1. The lowest BCUT2D eigenvalue weighted by molar-refractivity contribution is -0.393. The lowest BCUT2D eigenvalue weighted by Crippen LogP contribution is -2.03. The Morgan fingerprint density at radius 1 is 1.05 bits per heavy atom. The zero-order valence-electron chi connectivity index (χ0n) is 10.7. The van der Waals surface area contributed by atoms with E-state index in [0.717, 1.165) is 11.6 Å². The van der Waals surface area contributed by atoms with E-state index < -0.39 is 9.85 Å². The van der Waals surface area contributed by atoms with Gasteiger partial charge in [0, 0.05) is 17.6 Å². The molecule has 0 saturated heterocycles. The van der Waals surface area contributed by atoms with Crippen LogP contribution in [-0.2, 0) is 6.54 Å². The minimum absolute atomic E-state index is 0.213. The Morgan fingerprint density at radius 2 is 1.81 bits per heavy atom. The van der Waals surface area contributed by atoms with Gasteiger partial charge >= 0.3 is 0 Å². The molecular weight excluding hydrogens is 298 g/mol. The van der Waals surface area contributed by atoms with Gasteiger partial charge in [0.25, 0.3) is 11.4 Å². The summed E-state index contributed by atoms with van der Waals surface area (Å²) >= 11 is 5.85. The van der Waals surface area contributed by atoms with E-state index in [1.54, 1.807) is 18.2 Å². The SMILES string of the molecule is O=[N+]([O-])c1ccc(NCc2cccc(Cl)c2)c([N+](=O)[O-])c1. The Hall–Kier alpha value is -2.67. The van der Waals surface area contributed by atoms with Crippen molar-refractivity contribution < 1.29 is 9.85 Å². The Bertz CT molecular complexity index is 706. The molecule has 2 aromatic carbocycles. The fourth-order valence-electron chi connectivity index (χ4n) is 1.78. The zero-order valence-corrected chi connectivity index (χ0v) is 11.4. The number of halogens is 1. The van der Waals surface area contributed by atoms with Crippen LogP contribution in [-0.4, -0.2) is 9.85 Å². The van der Waals surface area contributed by atoms with E-state index in [-0.39, 0.29) is 17.1 Å². The number of rotatable bonds is 5. The van der Waals surface area contributed by atoms with Gasteiger partial charge < -0.3 is 5.32 Å². The standard InChI is InChI=1S/C13H10ClN3O4/c14-10-3-1-2-9(6-10)8-15-12-5-4-11(16(18)19)7-13(12)17(20)21/h1-7,15H,8H2. The lowest BCUT2D eigenvalue weighted by atomic mass is 10.2. The van der Waals surface area contributed by atoms with E-state index >= 15 is 0 Å². The fraction of sp³-hybridized carbons (Fsp3) is 0.0769. The molecule has 0 aliphatic heterocycles. The number of non-ortho nitro benzene ring substituents is 1. The van der Waals surface area contributed by atoms with Crippen molar-refractivity contribution in [1.82, 2.24) is 0 Å². The van der Waals surface area contributed by atoms with E-state index in [2.05, 4.69) is 5.32 Å². The average molecular weight is 308 g/mol. The van der Waals surface area contributed by atoms with Gasteiger partial charge in [0.15, 0.2) is 0 Å². The van der Waals surface area contributed by atoms with Crippen LogP contribution in [0.15, 0.2) is 42.5 Å². The molecule has 0 aliphatic carbocycles. The smallest absolute Gasteiger partial charge is 0.299 e. The van der Waals surface area contributed by atoms with Crippen LogP contribution in [0.1, 0.15) is 5.56 Å². The maximum atomic E-state index is 11.0. The third-order valence-electron chi connectivity index (χ3n) is 2.76. The first kappa shape index (κ1) is 14.7. The van der Waals surface area contributed by atoms with Gasteiger partial charge in [-0.3, -0.25) is 20.2 Å². The summed E-state index contributed by atoms with van der Waals surface area (Å²) in [6.07, 6.45) is 0. The van der Waals surface area contributed by atoms with Crippen molar-refractivity contribution in [3.8, 4) is 0 Å². The molecule has 0 spiro atoms. The Morgan fingerprint density at radius 3 is 2.43 bits per heavy atom. The van der Waals surface area contributed by atoms with Crippen LogP contribution in [0.3, 0.4) is 0 Å². The summed E-state index contributed by atoms with van der Waals surface area (Å²) in [5.74, 6) is 0. The summed E-state index contributed by atoms with van der Waals surface area (Å²) in [5.41, 5.74) is 0.391. The maximum absolute atomic E-state index is 11.0. The molecule has 8 heteroatoms. The van der Waals surface area contributed by atoms with Gasteiger partial charge in [0.1, 0.15) is 5.69 Å². The summed E-state index contributed by atoms with van der Waals surface area (Å²) in [4.78, 5) is 20.3. The quantitative estimate of drug-likeness (QED) is 0.669. The second-order valence-electron chi connectivity index (χ2n) is 4.20. The predicted molar refractivity (Wildman–Crippen MR) is 78.5 cm³/mol. The Balaban J connectivity index is 2.23. The Labute approximate surface area is 124 Å². The topological polar surface area (TPSA) is 98.3 Å². The highest BCUT2D eigenvalue weighted by Crippen LogP contribution is 2.29. The molecule has 2 rings (SSSR count). The van der Waals surface area contributed by atoms with E-state index in [0.29, 0.717) is 11.6 Å². The molecular formula is C13H10ClN3O4. The predicted octanol–water partition coefficient (Wildman–Crippen LogP) is 3.77. The molecule has 108 valence electrons. The van der Waals surface area contributed by atoms with Crippen LogP contribution in [0, 0.1) is 20.2 Å². The van der Waals surface area contributed by atoms with E-state index in [9.17, 15) is 20.2 Å². The third-order valence-corrected chi connectivity index (χ3v) is 3.00. The average Bonchev–Trinajstić information content (AvgIpc) is 2.44. The van der Waals surface area contributed by atoms with Crippen LogP contribution in [0.5, 0.6) is 0 Å². The summed E-state index contributed by atoms with van der Waals surface area (Å²) < 4.78 is 0. The molecule has 1 N–H and O–H groups in total. The minimum atomic E-state index is -0.673. The van der Waals surface area contributed by atoms with E-state index in [1.807, 2.05) is 6.07 Å². The van der Waals surface area contributed by atoms with E-state index in [1.165, 1.54) is 12.1 Å². The summed E-state index contributed by atoms with van der Waals surface area (Å²) in [6.45, 7) is 0.319. The second kappa shape index (κ2) is 6.19. The van der Waals surface area contributed by atoms with Crippen LogP contribution in [0.25, 0.3) is 0 Å². The molecule has 0 radical (unpaired) electrons. The van der Waals surface area contributed by atoms with Gasteiger partial charge in [-0.05, 0) is 23.8 Å². The number of anilines is 1.